The van der Waals surface area contributed by atoms with Crippen LogP contribution in [0.25, 0.3) is 27.8 Å². The Labute approximate surface area is 135 Å². The van der Waals surface area contributed by atoms with Crippen LogP contribution < -0.4 is 10.6 Å². The molecule has 0 spiro atoms. The van der Waals surface area contributed by atoms with Crippen LogP contribution in [0.2, 0.25) is 0 Å². The normalized spacial score (nSPS) is 11.3. The third-order valence-electron chi connectivity index (χ3n) is 3.83. The summed E-state index contributed by atoms with van der Waals surface area (Å²) in [6, 6.07) is 7.83. The van der Waals surface area contributed by atoms with Gasteiger partial charge in [0.1, 0.15) is 11.3 Å². The minimum atomic E-state index is -0.309. The fourth-order valence-electron chi connectivity index (χ4n) is 2.63. The van der Waals surface area contributed by atoms with Gasteiger partial charge in [0.25, 0.3) is 5.56 Å². The molecule has 3 aromatic heterocycles. The van der Waals surface area contributed by atoms with Crippen molar-refractivity contribution in [3.05, 3.63) is 58.9 Å². The summed E-state index contributed by atoms with van der Waals surface area (Å²) in [6.45, 7) is 0. The molecule has 0 N–H and O–H groups in total. The highest BCUT2D eigenvalue weighted by atomic mass is 19.1. The van der Waals surface area contributed by atoms with Gasteiger partial charge in [-0.25, -0.2) is 13.6 Å². The standard InChI is InChI=1S/C16H13FN6O/c1-21(2)22-8-7-13-14(16(22)24)19-20-15-12(9-18-23(13)15)10-3-5-11(17)6-4-10/h3-9H,1-2H3. The largest absolute Gasteiger partial charge is 0.316 e. The highest BCUT2D eigenvalue weighted by Gasteiger charge is 2.14. The molecule has 0 saturated heterocycles. The molecule has 0 atom stereocenters. The Kier molecular flexibility index (Phi) is 3.05. The highest BCUT2D eigenvalue weighted by Crippen LogP contribution is 2.24. The Morgan fingerprint density at radius 3 is 2.54 bits per heavy atom. The number of pyridine rings is 1. The first-order chi connectivity index (χ1) is 11.6. The van der Waals surface area contributed by atoms with E-state index in [0.717, 1.165) is 11.1 Å². The summed E-state index contributed by atoms with van der Waals surface area (Å²) in [5.41, 5.74) is 2.54. The monoisotopic (exact) mass is 324 g/mol. The molecule has 0 radical (unpaired) electrons. The van der Waals surface area contributed by atoms with Gasteiger partial charge in [0.05, 0.1) is 6.20 Å². The number of aromatic nitrogens is 5. The minimum absolute atomic E-state index is 0.229. The van der Waals surface area contributed by atoms with Crippen LogP contribution in [0.15, 0.2) is 47.5 Å². The number of halogens is 1. The Balaban J connectivity index is 1.99. The molecule has 3 heterocycles. The molecule has 1 aromatic carbocycles. The average molecular weight is 324 g/mol. The molecule has 0 aliphatic heterocycles. The number of nitrogens with zero attached hydrogens (tertiary/aromatic N) is 6. The SMILES string of the molecule is CN(C)n1ccc2c(nnc3c(-c4ccc(F)cc4)cnn32)c1=O. The molecule has 4 rings (SSSR count). The number of hydrogen-bond acceptors (Lipinski definition) is 5. The first-order valence-corrected chi connectivity index (χ1v) is 7.25. The topological polar surface area (TPSA) is 68.3 Å². The maximum atomic E-state index is 13.1. The Morgan fingerprint density at radius 2 is 1.83 bits per heavy atom. The van der Waals surface area contributed by atoms with Crippen molar-refractivity contribution in [1.29, 1.82) is 0 Å². The molecule has 0 amide bonds. The average Bonchev–Trinajstić information content (AvgIpc) is 3.00. The van der Waals surface area contributed by atoms with Gasteiger partial charge in [0.15, 0.2) is 11.2 Å². The van der Waals surface area contributed by atoms with Crippen LogP contribution in [-0.2, 0) is 0 Å². The Hall–Kier alpha value is -3.29. The summed E-state index contributed by atoms with van der Waals surface area (Å²) in [7, 11) is 3.53. The van der Waals surface area contributed by atoms with E-state index in [4.69, 9.17) is 0 Å². The smallest absolute Gasteiger partial charge is 0.298 e. The van der Waals surface area contributed by atoms with Gasteiger partial charge in [-0.2, -0.15) is 5.10 Å². The second-order valence-electron chi connectivity index (χ2n) is 5.55. The van der Waals surface area contributed by atoms with Crippen molar-refractivity contribution in [3.63, 3.8) is 0 Å². The zero-order valence-corrected chi connectivity index (χ0v) is 13.0. The molecule has 8 heteroatoms. The summed E-state index contributed by atoms with van der Waals surface area (Å²) in [4.78, 5) is 12.5. The van der Waals surface area contributed by atoms with Crippen molar-refractivity contribution in [2.75, 3.05) is 19.1 Å². The number of fused-ring (bicyclic) bond motifs is 3. The lowest BCUT2D eigenvalue weighted by Gasteiger charge is -2.15. The predicted octanol–water partition coefficient (Wildman–Crippen LogP) is 1.44. The third-order valence-corrected chi connectivity index (χ3v) is 3.83. The van der Waals surface area contributed by atoms with Gasteiger partial charge in [0, 0.05) is 25.9 Å². The third kappa shape index (κ3) is 2.03. The first kappa shape index (κ1) is 14.3. The molecule has 0 aliphatic rings. The summed E-state index contributed by atoms with van der Waals surface area (Å²) in [5.74, 6) is -0.309. The fraction of sp³-hybridized carbons (Fsp3) is 0.125. The summed E-state index contributed by atoms with van der Waals surface area (Å²) in [5, 5.41) is 14.2. The molecule has 0 saturated carbocycles. The van der Waals surface area contributed by atoms with Crippen molar-refractivity contribution in [2.45, 2.75) is 0 Å². The van der Waals surface area contributed by atoms with E-state index >= 15 is 0 Å². The number of benzene rings is 1. The van der Waals surface area contributed by atoms with E-state index in [-0.39, 0.29) is 16.9 Å². The maximum Gasteiger partial charge on any atom is 0.298 e. The van der Waals surface area contributed by atoms with Crippen LogP contribution in [0, 0.1) is 5.82 Å². The second-order valence-corrected chi connectivity index (χ2v) is 5.55. The van der Waals surface area contributed by atoms with Crippen molar-refractivity contribution in [1.82, 2.24) is 24.5 Å². The number of hydrogen-bond donors (Lipinski definition) is 0. The van der Waals surface area contributed by atoms with Gasteiger partial charge in [-0.15, -0.1) is 10.2 Å². The molecule has 0 bridgehead atoms. The van der Waals surface area contributed by atoms with E-state index in [2.05, 4.69) is 15.3 Å². The van der Waals surface area contributed by atoms with Gasteiger partial charge < -0.3 is 5.01 Å². The van der Waals surface area contributed by atoms with Crippen LogP contribution in [0.3, 0.4) is 0 Å². The van der Waals surface area contributed by atoms with Gasteiger partial charge in [-0.1, -0.05) is 12.1 Å². The minimum Gasteiger partial charge on any atom is -0.316 e. The lowest BCUT2D eigenvalue weighted by molar-refractivity contribution is 0.628. The summed E-state index contributed by atoms with van der Waals surface area (Å²) >= 11 is 0. The quantitative estimate of drug-likeness (QED) is 0.558. The van der Waals surface area contributed by atoms with E-state index < -0.39 is 0 Å². The van der Waals surface area contributed by atoms with Crippen molar-refractivity contribution < 1.29 is 4.39 Å². The molecular formula is C16H13FN6O. The second kappa shape index (κ2) is 5.12. The van der Waals surface area contributed by atoms with Crippen LogP contribution in [0.5, 0.6) is 0 Å². The molecule has 0 aliphatic carbocycles. The van der Waals surface area contributed by atoms with Gasteiger partial charge >= 0.3 is 0 Å². The van der Waals surface area contributed by atoms with Gasteiger partial charge in [-0.3, -0.25) is 4.79 Å². The molecule has 24 heavy (non-hydrogen) atoms. The fourth-order valence-corrected chi connectivity index (χ4v) is 2.63. The van der Waals surface area contributed by atoms with Gasteiger partial charge in [-0.05, 0) is 23.8 Å². The van der Waals surface area contributed by atoms with Crippen LogP contribution in [0.4, 0.5) is 4.39 Å². The zero-order chi connectivity index (χ0) is 16.8. The number of rotatable bonds is 2. The Morgan fingerprint density at radius 1 is 1.08 bits per heavy atom. The molecule has 0 fully saturated rings. The molecule has 4 aromatic rings. The van der Waals surface area contributed by atoms with E-state index in [1.807, 2.05) is 0 Å². The van der Waals surface area contributed by atoms with Crippen molar-refractivity contribution in [2.24, 2.45) is 0 Å². The predicted molar refractivity (Wildman–Crippen MR) is 88.0 cm³/mol. The van der Waals surface area contributed by atoms with Crippen molar-refractivity contribution in [3.8, 4) is 11.1 Å². The lowest BCUT2D eigenvalue weighted by atomic mass is 10.1. The van der Waals surface area contributed by atoms with Crippen LogP contribution in [-0.4, -0.2) is 38.6 Å². The van der Waals surface area contributed by atoms with E-state index in [1.54, 1.807) is 54.2 Å². The van der Waals surface area contributed by atoms with Gasteiger partial charge in [0.2, 0.25) is 0 Å². The molecule has 120 valence electrons. The summed E-state index contributed by atoms with van der Waals surface area (Å²) in [6.07, 6.45) is 3.29. The molecule has 7 nitrogen and oxygen atoms in total. The van der Waals surface area contributed by atoms with Crippen LogP contribution >= 0.6 is 0 Å². The molecular weight excluding hydrogens is 311 g/mol. The zero-order valence-electron chi connectivity index (χ0n) is 13.0. The Bertz CT molecular complexity index is 1110. The van der Waals surface area contributed by atoms with E-state index in [0.29, 0.717) is 11.2 Å². The van der Waals surface area contributed by atoms with E-state index in [9.17, 15) is 9.18 Å². The summed E-state index contributed by atoms with van der Waals surface area (Å²) < 4.78 is 16.1. The lowest BCUT2D eigenvalue weighted by Crippen LogP contribution is -2.36. The highest BCUT2D eigenvalue weighted by molar-refractivity contribution is 5.82. The first-order valence-electron chi connectivity index (χ1n) is 7.25. The van der Waals surface area contributed by atoms with E-state index in [1.165, 1.54) is 16.8 Å². The maximum absolute atomic E-state index is 13.1. The molecule has 0 unspecified atom stereocenters. The van der Waals surface area contributed by atoms with Crippen molar-refractivity contribution >= 4 is 16.7 Å². The van der Waals surface area contributed by atoms with Crippen LogP contribution in [0.1, 0.15) is 0 Å².